The number of hydrogen-bond donors (Lipinski definition) is 1. The zero-order chi connectivity index (χ0) is 9.52. The Morgan fingerprint density at radius 1 is 1.46 bits per heavy atom. The normalized spacial score (nSPS) is 24.0. The molecule has 0 spiro atoms. The number of nitrogens with zero attached hydrogens (tertiary/aromatic N) is 1. The summed E-state index contributed by atoms with van der Waals surface area (Å²) in [4.78, 5) is 2.23. The highest BCUT2D eigenvalue weighted by atomic mass is 16.5. The van der Waals surface area contributed by atoms with Gasteiger partial charge in [0, 0.05) is 13.1 Å². The third-order valence-electron chi connectivity index (χ3n) is 2.54. The van der Waals surface area contributed by atoms with E-state index < -0.39 is 0 Å². The molecule has 1 aliphatic heterocycles. The first-order chi connectivity index (χ1) is 6.38. The van der Waals surface area contributed by atoms with Crippen LogP contribution in [0.25, 0.3) is 0 Å². The largest absolute Gasteiger partial charge is 0.395 e. The molecule has 0 aliphatic carbocycles. The van der Waals surface area contributed by atoms with E-state index in [1.54, 1.807) is 0 Å². The van der Waals surface area contributed by atoms with E-state index in [0.717, 1.165) is 26.1 Å². The van der Waals surface area contributed by atoms with Crippen LogP contribution in [0.5, 0.6) is 0 Å². The zero-order valence-electron chi connectivity index (χ0n) is 8.54. The van der Waals surface area contributed by atoms with Gasteiger partial charge in [0.15, 0.2) is 0 Å². The summed E-state index contributed by atoms with van der Waals surface area (Å²) in [5.74, 6) is 0. The molecule has 1 unspecified atom stereocenters. The van der Waals surface area contributed by atoms with E-state index in [0.29, 0.717) is 0 Å². The lowest BCUT2D eigenvalue weighted by Crippen LogP contribution is -2.32. The highest BCUT2D eigenvalue weighted by molar-refractivity contribution is 4.69. The maximum atomic E-state index is 8.82. The summed E-state index contributed by atoms with van der Waals surface area (Å²) in [6, 6.07) is 0. The highest BCUT2D eigenvalue weighted by Gasteiger charge is 2.23. The third-order valence-corrected chi connectivity index (χ3v) is 2.54. The number of rotatable bonds is 6. The summed E-state index contributed by atoms with van der Waals surface area (Å²) in [6.45, 7) is 5.03. The van der Waals surface area contributed by atoms with Crippen LogP contribution in [0.4, 0.5) is 0 Å². The van der Waals surface area contributed by atoms with Crippen molar-refractivity contribution < 1.29 is 9.84 Å². The monoisotopic (exact) mass is 187 g/mol. The molecule has 0 aromatic carbocycles. The Morgan fingerprint density at radius 2 is 2.31 bits per heavy atom. The predicted octanol–water partition coefficient (Wildman–Crippen LogP) is 1.22. The summed E-state index contributed by atoms with van der Waals surface area (Å²) in [5, 5.41) is 8.82. The van der Waals surface area contributed by atoms with Crippen molar-refractivity contribution in [1.29, 1.82) is 0 Å². The Balaban J connectivity index is 2.15. The minimum Gasteiger partial charge on any atom is -0.395 e. The van der Waals surface area contributed by atoms with Gasteiger partial charge in [-0.15, -0.1) is 0 Å². The number of aliphatic hydroxyl groups excluding tert-OH is 1. The van der Waals surface area contributed by atoms with Crippen molar-refractivity contribution in [2.75, 3.05) is 26.3 Å². The lowest BCUT2D eigenvalue weighted by atomic mass is 10.2. The van der Waals surface area contributed by atoms with Crippen LogP contribution in [-0.2, 0) is 4.74 Å². The number of aliphatic hydroxyl groups is 1. The standard InChI is InChI=1S/C10H21NO2/c1-2-3-4-5-10-11(6-8-12)7-9-13-10/h10,12H,2-9H2,1H3. The molecule has 1 rings (SSSR count). The minimum absolute atomic E-state index is 0.244. The Kier molecular flexibility index (Phi) is 5.35. The van der Waals surface area contributed by atoms with Crippen LogP contribution in [0.3, 0.4) is 0 Å². The first-order valence-corrected chi connectivity index (χ1v) is 5.35. The van der Waals surface area contributed by atoms with E-state index in [4.69, 9.17) is 9.84 Å². The Hall–Kier alpha value is -0.120. The molecule has 13 heavy (non-hydrogen) atoms. The molecule has 0 amide bonds. The number of ether oxygens (including phenoxy) is 1. The van der Waals surface area contributed by atoms with Gasteiger partial charge in [-0.25, -0.2) is 0 Å². The fourth-order valence-electron chi connectivity index (χ4n) is 1.77. The molecular weight excluding hydrogens is 166 g/mol. The van der Waals surface area contributed by atoms with E-state index in [1.165, 1.54) is 19.3 Å². The van der Waals surface area contributed by atoms with Gasteiger partial charge in [0.2, 0.25) is 0 Å². The van der Waals surface area contributed by atoms with Crippen LogP contribution >= 0.6 is 0 Å². The van der Waals surface area contributed by atoms with Gasteiger partial charge in [0.1, 0.15) is 6.23 Å². The fraction of sp³-hybridized carbons (Fsp3) is 1.00. The molecule has 1 atom stereocenters. The average molecular weight is 187 g/mol. The molecule has 0 aromatic heterocycles. The quantitative estimate of drug-likeness (QED) is 0.635. The van der Waals surface area contributed by atoms with E-state index in [2.05, 4.69) is 11.8 Å². The van der Waals surface area contributed by atoms with Crippen LogP contribution < -0.4 is 0 Å². The van der Waals surface area contributed by atoms with Crippen molar-refractivity contribution in [2.45, 2.75) is 38.8 Å². The van der Waals surface area contributed by atoms with Gasteiger partial charge in [-0.2, -0.15) is 0 Å². The summed E-state index contributed by atoms with van der Waals surface area (Å²) in [5.41, 5.74) is 0. The van der Waals surface area contributed by atoms with E-state index >= 15 is 0 Å². The molecule has 0 saturated carbocycles. The molecule has 0 bridgehead atoms. The summed E-state index contributed by atoms with van der Waals surface area (Å²) in [6.07, 6.45) is 5.18. The van der Waals surface area contributed by atoms with Crippen LogP contribution in [-0.4, -0.2) is 42.5 Å². The second-order valence-electron chi connectivity index (χ2n) is 3.58. The highest BCUT2D eigenvalue weighted by Crippen LogP contribution is 2.15. The van der Waals surface area contributed by atoms with Crippen molar-refractivity contribution in [3.8, 4) is 0 Å². The molecule has 3 heteroatoms. The van der Waals surface area contributed by atoms with Crippen LogP contribution in [0.2, 0.25) is 0 Å². The van der Waals surface area contributed by atoms with Gasteiger partial charge in [-0.1, -0.05) is 19.8 Å². The molecule has 1 fully saturated rings. The minimum atomic E-state index is 0.244. The number of β-amino-alcohol motifs (C(OH)–C–C–N with tert-alkyl or cyclic N) is 1. The van der Waals surface area contributed by atoms with E-state index in [9.17, 15) is 0 Å². The molecule has 1 saturated heterocycles. The molecule has 3 nitrogen and oxygen atoms in total. The number of hydrogen-bond acceptors (Lipinski definition) is 3. The summed E-state index contributed by atoms with van der Waals surface area (Å²) >= 11 is 0. The molecular formula is C10H21NO2. The molecule has 0 radical (unpaired) electrons. The second kappa shape index (κ2) is 6.35. The van der Waals surface area contributed by atoms with Crippen molar-refractivity contribution in [3.63, 3.8) is 0 Å². The van der Waals surface area contributed by atoms with Gasteiger partial charge in [-0.05, 0) is 12.8 Å². The zero-order valence-corrected chi connectivity index (χ0v) is 8.54. The Bertz CT molecular complexity index is 130. The Morgan fingerprint density at radius 3 is 3.00 bits per heavy atom. The maximum absolute atomic E-state index is 8.82. The molecule has 0 aromatic rings. The van der Waals surface area contributed by atoms with Crippen molar-refractivity contribution >= 4 is 0 Å². The maximum Gasteiger partial charge on any atom is 0.110 e. The van der Waals surface area contributed by atoms with Crippen LogP contribution in [0, 0.1) is 0 Å². The molecule has 1 heterocycles. The first-order valence-electron chi connectivity index (χ1n) is 5.35. The van der Waals surface area contributed by atoms with Crippen molar-refractivity contribution in [2.24, 2.45) is 0 Å². The van der Waals surface area contributed by atoms with Crippen LogP contribution in [0.1, 0.15) is 32.6 Å². The van der Waals surface area contributed by atoms with E-state index in [1.807, 2.05) is 0 Å². The Labute approximate surface area is 80.7 Å². The third kappa shape index (κ3) is 3.63. The lowest BCUT2D eigenvalue weighted by Gasteiger charge is -2.21. The number of unbranched alkanes of at least 4 members (excludes halogenated alkanes) is 2. The fourth-order valence-corrected chi connectivity index (χ4v) is 1.77. The first kappa shape index (κ1) is 11.0. The SMILES string of the molecule is CCCCCC1OCCN1CCO. The molecule has 78 valence electrons. The average Bonchev–Trinajstić information content (AvgIpc) is 2.54. The predicted molar refractivity (Wildman–Crippen MR) is 52.5 cm³/mol. The smallest absolute Gasteiger partial charge is 0.110 e. The van der Waals surface area contributed by atoms with Crippen molar-refractivity contribution in [1.82, 2.24) is 4.90 Å². The van der Waals surface area contributed by atoms with Gasteiger partial charge in [0.25, 0.3) is 0 Å². The summed E-state index contributed by atoms with van der Waals surface area (Å²) in [7, 11) is 0. The topological polar surface area (TPSA) is 32.7 Å². The second-order valence-corrected chi connectivity index (χ2v) is 3.58. The molecule has 1 aliphatic rings. The van der Waals surface area contributed by atoms with Gasteiger partial charge in [-0.3, -0.25) is 4.90 Å². The van der Waals surface area contributed by atoms with Crippen molar-refractivity contribution in [3.05, 3.63) is 0 Å². The van der Waals surface area contributed by atoms with Gasteiger partial charge >= 0.3 is 0 Å². The van der Waals surface area contributed by atoms with Gasteiger partial charge in [0.05, 0.1) is 13.2 Å². The summed E-state index contributed by atoms with van der Waals surface area (Å²) < 4.78 is 5.58. The van der Waals surface area contributed by atoms with Gasteiger partial charge < -0.3 is 9.84 Å². The van der Waals surface area contributed by atoms with Crippen LogP contribution in [0.15, 0.2) is 0 Å². The molecule has 1 N–H and O–H groups in total. The van der Waals surface area contributed by atoms with E-state index in [-0.39, 0.29) is 12.8 Å². The lowest BCUT2D eigenvalue weighted by molar-refractivity contribution is 0.0186.